The lowest BCUT2D eigenvalue weighted by Crippen LogP contribution is -2.29. The summed E-state index contributed by atoms with van der Waals surface area (Å²) in [7, 11) is 3.06. The molecule has 0 bridgehead atoms. The molecule has 0 aliphatic carbocycles. The van der Waals surface area contributed by atoms with Gasteiger partial charge < -0.3 is 19.4 Å². The van der Waals surface area contributed by atoms with Gasteiger partial charge in [-0.1, -0.05) is 42.4 Å². The highest BCUT2D eigenvalue weighted by Crippen LogP contribution is 2.29. The standard InChI is InChI=1S/C27H23ClN2O4/c1-17(33-2)25-23(16-29-27(32)18-8-7-9-19(28)14-18)26(31)22-13-12-21(34-3)15-24(22)30(25)20-10-5-4-6-11-20/h4-15H,1,16H2,2-3H3,(H,29,32). The minimum atomic E-state index is -0.350. The number of methoxy groups -OCH3 is 2. The van der Waals surface area contributed by atoms with Crippen molar-refractivity contribution in [2.75, 3.05) is 14.2 Å². The molecule has 1 aromatic heterocycles. The van der Waals surface area contributed by atoms with Crippen LogP contribution in [0.2, 0.25) is 5.02 Å². The van der Waals surface area contributed by atoms with Crippen LogP contribution in [0.1, 0.15) is 21.6 Å². The van der Waals surface area contributed by atoms with Crippen LogP contribution in [0.4, 0.5) is 0 Å². The van der Waals surface area contributed by atoms with Crippen molar-refractivity contribution in [3.8, 4) is 11.4 Å². The zero-order valence-electron chi connectivity index (χ0n) is 18.8. The van der Waals surface area contributed by atoms with Crippen LogP contribution >= 0.6 is 11.6 Å². The number of halogens is 1. The third-order valence-electron chi connectivity index (χ3n) is 5.51. The van der Waals surface area contributed by atoms with E-state index in [2.05, 4.69) is 11.9 Å². The summed E-state index contributed by atoms with van der Waals surface area (Å²) < 4.78 is 12.8. The van der Waals surface area contributed by atoms with Gasteiger partial charge in [0.1, 0.15) is 11.5 Å². The first kappa shape index (κ1) is 23.1. The summed E-state index contributed by atoms with van der Waals surface area (Å²) in [6, 6.07) is 21.4. The van der Waals surface area contributed by atoms with Crippen molar-refractivity contribution < 1.29 is 14.3 Å². The molecule has 4 rings (SSSR count). The lowest BCUT2D eigenvalue weighted by atomic mass is 10.0. The van der Waals surface area contributed by atoms with E-state index in [0.717, 1.165) is 5.69 Å². The molecule has 0 spiro atoms. The van der Waals surface area contributed by atoms with Gasteiger partial charge in [0.2, 0.25) is 0 Å². The third kappa shape index (κ3) is 4.40. The molecule has 0 unspecified atom stereocenters. The monoisotopic (exact) mass is 474 g/mol. The highest BCUT2D eigenvalue weighted by molar-refractivity contribution is 6.30. The molecular formula is C27H23ClN2O4. The summed E-state index contributed by atoms with van der Waals surface area (Å²) in [6.07, 6.45) is 0. The van der Waals surface area contributed by atoms with Gasteiger partial charge in [-0.25, -0.2) is 0 Å². The summed E-state index contributed by atoms with van der Waals surface area (Å²) in [5.41, 5.74) is 2.41. The number of rotatable bonds is 7. The van der Waals surface area contributed by atoms with Gasteiger partial charge >= 0.3 is 0 Å². The lowest BCUT2D eigenvalue weighted by Gasteiger charge is -2.22. The maximum absolute atomic E-state index is 13.6. The van der Waals surface area contributed by atoms with Crippen LogP contribution in [0.15, 0.2) is 84.2 Å². The number of carbonyl (C=O) groups excluding carboxylic acids is 1. The van der Waals surface area contributed by atoms with Crippen molar-refractivity contribution in [3.05, 3.63) is 111 Å². The molecule has 172 valence electrons. The maximum Gasteiger partial charge on any atom is 0.251 e. The number of aromatic nitrogens is 1. The van der Waals surface area contributed by atoms with Gasteiger partial charge in [-0.2, -0.15) is 0 Å². The second kappa shape index (κ2) is 9.85. The van der Waals surface area contributed by atoms with Gasteiger partial charge in [0, 0.05) is 39.8 Å². The van der Waals surface area contributed by atoms with E-state index in [-0.39, 0.29) is 23.6 Å². The Bertz CT molecular complexity index is 1440. The Balaban J connectivity index is 1.94. The fourth-order valence-electron chi connectivity index (χ4n) is 3.84. The quantitative estimate of drug-likeness (QED) is 0.374. The van der Waals surface area contributed by atoms with Gasteiger partial charge in [0.15, 0.2) is 5.43 Å². The predicted molar refractivity (Wildman–Crippen MR) is 135 cm³/mol. The number of fused-ring (bicyclic) bond motifs is 1. The van der Waals surface area contributed by atoms with E-state index >= 15 is 0 Å². The lowest BCUT2D eigenvalue weighted by molar-refractivity contribution is 0.0950. The van der Waals surface area contributed by atoms with E-state index in [9.17, 15) is 9.59 Å². The van der Waals surface area contributed by atoms with Gasteiger partial charge in [0.25, 0.3) is 5.91 Å². The number of carbonyl (C=O) groups is 1. The van der Waals surface area contributed by atoms with Crippen LogP contribution < -0.4 is 15.5 Å². The van der Waals surface area contributed by atoms with Crippen LogP contribution in [0.3, 0.4) is 0 Å². The molecule has 1 amide bonds. The highest BCUT2D eigenvalue weighted by Gasteiger charge is 2.22. The first-order valence-electron chi connectivity index (χ1n) is 10.5. The number of hydrogen-bond acceptors (Lipinski definition) is 4. The molecule has 0 saturated heterocycles. The first-order valence-corrected chi connectivity index (χ1v) is 10.9. The number of amides is 1. The van der Waals surface area contributed by atoms with Crippen LogP contribution in [-0.2, 0) is 11.3 Å². The second-order valence-corrected chi connectivity index (χ2v) is 7.97. The van der Waals surface area contributed by atoms with E-state index < -0.39 is 0 Å². The van der Waals surface area contributed by atoms with E-state index in [4.69, 9.17) is 21.1 Å². The van der Waals surface area contributed by atoms with E-state index in [1.807, 2.05) is 34.9 Å². The maximum atomic E-state index is 13.6. The zero-order valence-corrected chi connectivity index (χ0v) is 19.6. The number of pyridine rings is 1. The fourth-order valence-corrected chi connectivity index (χ4v) is 4.03. The highest BCUT2D eigenvalue weighted by atomic mass is 35.5. The molecule has 0 saturated carbocycles. The molecule has 1 N–H and O–H groups in total. The summed E-state index contributed by atoms with van der Waals surface area (Å²) in [5.74, 6) is 0.544. The van der Waals surface area contributed by atoms with Crippen molar-refractivity contribution in [1.29, 1.82) is 0 Å². The average Bonchev–Trinajstić information content (AvgIpc) is 2.87. The Morgan fingerprint density at radius 2 is 1.79 bits per heavy atom. The van der Waals surface area contributed by atoms with Gasteiger partial charge in [0.05, 0.1) is 25.4 Å². The number of benzene rings is 3. The summed E-state index contributed by atoms with van der Waals surface area (Å²) >= 11 is 6.02. The van der Waals surface area contributed by atoms with Crippen molar-refractivity contribution >= 4 is 34.2 Å². The van der Waals surface area contributed by atoms with Gasteiger partial charge in [-0.15, -0.1) is 0 Å². The predicted octanol–water partition coefficient (Wildman–Crippen LogP) is 5.20. The zero-order chi connectivity index (χ0) is 24.2. The molecule has 34 heavy (non-hydrogen) atoms. The Morgan fingerprint density at radius 3 is 2.47 bits per heavy atom. The number of hydrogen-bond donors (Lipinski definition) is 1. The van der Waals surface area contributed by atoms with Crippen LogP contribution in [-0.4, -0.2) is 24.7 Å². The summed E-state index contributed by atoms with van der Waals surface area (Å²) in [5, 5.41) is 3.76. The molecule has 0 atom stereocenters. The topological polar surface area (TPSA) is 69.6 Å². The Morgan fingerprint density at radius 1 is 1.03 bits per heavy atom. The van der Waals surface area contributed by atoms with Crippen molar-refractivity contribution in [1.82, 2.24) is 9.88 Å². The normalized spacial score (nSPS) is 10.7. The molecule has 0 aliphatic heterocycles. The SMILES string of the molecule is C=C(OC)c1c(CNC(=O)c2cccc(Cl)c2)c(=O)c2ccc(OC)cc2n1-c1ccccc1. The van der Waals surface area contributed by atoms with Crippen molar-refractivity contribution in [3.63, 3.8) is 0 Å². The van der Waals surface area contributed by atoms with Crippen LogP contribution in [0, 0.1) is 0 Å². The largest absolute Gasteiger partial charge is 0.497 e. The van der Waals surface area contributed by atoms with E-state index in [0.29, 0.717) is 38.5 Å². The summed E-state index contributed by atoms with van der Waals surface area (Å²) in [4.78, 5) is 26.4. The Labute approximate surface area is 202 Å². The second-order valence-electron chi connectivity index (χ2n) is 7.53. The van der Waals surface area contributed by atoms with Crippen molar-refractivity contribution in [2.24, 2.45) is 0 Å². The van der Waals surface area contributed by atoms with Gasteiger partial charge in [-0.05, 0) is 42.5 Å². The molecule has 1 heterocycles. The van der Waals surface area contributed by atoms with Crippen molar-refractivity contribution in [2.45, 2.75) is 6.54 Å². The molecule has 7 heteroatoms. The minimum Gasteiger partial charge on any atom is -0.497 e. The molecule has 6 nitrogen and oxygen atoms in total. The number of nitrogens with zero attached hydrogens (tertiary/aromatic N) is 1. The van der Waals surface area contributed by atoms with Gasteiger partial charge in [-0.3, -0.25) is 9.59 Å². The first-order chi connectivity index (χ1) is 16.4. The number of nitrogens with one attached hydrogen (secondary N) is 1. The number of para-hydroxylation sites is 1. The molecule has 0 radical (unpaired) electrons. The van der Waals surface area contributed by atoms with E-state index in [1.54, 1.807) is 49.6 Å². The third-order valence-corrected chi connectivity index (χ3v) is 5.75. The Hall–Kier alpha value is -4.03. The summed E-state index contributed by atoms with van der Waals surface area (Å²) in [6.45, 7) is 4.00. The molecule has 0 fully saturated rings. The smallest absolute Gasteiger partial charge is 0.251 e. The van der Waals surface area contributed by atoms with Crippen LogP contribution in [0.5, 0.6) is 5.75 Å². The fraction of sp³-hybridized carbons (Fsp3) is 0.111. The molecule has 0 aliphatic rings. The van der Waals surface area contributed by atoms with Crippen LogP contribution in [0.25, 0.3) is 22.3 Å². The number of ether oxygens (including phenoxy) is 2. The Kier molecular flexibility index (Phi) is 6.70. The molecule has 3 aromatic carbocycles. The molecular weight excluding hydrogens is 452 g/mol. The van der Waals surface area contributed by atoms with E-state index in [1.165, 1.54) is 7.11 Å². The average molecular weight is 475 g/mol. The minimum absolute atomic E-state index is 0.0311. The molecule has 4 aromatic rings.